The van der Waals surface area contributed by atoms with Gasteiger partial charge in [0.15, 0.2) is 11.6 Å². The second-order valence-electron chi connectivity index (χ2n) is 13.3. The number of hydrogen-bond acceptors (Lipinski definition) is 10. The van der Waals surface area contributed by atoms with Crippen molar-refractivity contribution in [2.75, 3.05) is 10.6 Å². The molecule has 4 aromatic heterocycles. The third-order valence-electron chi connectivity index (χ3n) is 8.65. The lowest BCUT2D eigenvalue weighted by molar-refractivity contribution is 0.101. The van der Waals surface area contributed by atoms with Gasteiger partial charge in [0.05, 0.1) is 40.9 Å². The van der Waals surface area contributed by atoms with Gasteiger partial charge in [-0.25, -0.2) is 18.1 Å². The maximum Gasteiger partial charge on any atom is 0.291 e. The molecule has 12 nitrogen and oxygen atoms in total. The minimum atomic E-state index is -0.451. The van der Waals surface area contributed by atoms with Crippen LogP contribution in [0.25, 0.3) is 22.5 Å². The van der Waals surface area contributed by atoms with Crippen molar-refractivity contribution in [3.05, 3.63) is 141 Å². The Balaban J connectivity index is 0.000000187. The van der Waals surface area contributed by atoms with E-state index in [4.69, 9.17) is 0 Å². The highest BCUT2D eigenvalue weighted by Crippen LogP contribution is 2.32. The summed E-state index contributed by atoms with van der Waals surface area (Å²) in [6, 6.07) is 18.3. The number of carbonyl (C=O) groups excluding carboxylic acids is 2. The first-order valence-corrected chi connectivity index (χ1v) is 17.6. The van der Waals surface area contributed by atoms with E-state index >= 15 is 0 Å². The molecule has 2 N–H and O–H groups in total. The van der Waals surface area contributed by atoms with Crippen LogP contribution in [-0.4, -0.2) is 41.1 Å². The zero-order valence-electron chi connectivity index (χ0n) is 30.6. The molecule has 0 unspecified atom stereocenters. The van der Waals surface area contributed by atoms with Crippen molar-refractivity contribution in [1.29, 1.82) is 0 Å². The number of halogens is 2. The number of pyridine rings is 2. The molecule has 1 aliphatic rings. The minimum Gasteiger partial charge on any atom is -0.349 e. The van der Waals surface area contributed by atoms with Gasteiger partial charge in [-0.1, -0.05) is 24.3 Å². The second-order valence-corrected chi connectivity index (χ2v) is 13.3. The summed E-state index contributed by atoms with van der Waals surface area (Å²) in [6.45, 7) is 6.82. The molecule has 14 heteroatoms. The highest BCUT2D eigenvalue weighted by Gasteiger charge is 2.27. The Labute approximate surface area is 314 Å². The van der Waals surface area contributed by atoms with Gasteiger partial charge in [0.25, 0.3) is 11.1 Å². The number of ketones is 2. The third kappa shape index (κ3) is 8.92. The van der Waals surface area contributed by atoms with Gasteiger partial charge in [-0.05, 0) is 95.0 Å². The van der Waals surface area contributed by atoms with E-state index in [9.17, 15) is 28.0 Å². The molecule has 2 aromatic carbocycles. The van der Waals surface area contributed by atoms with Gasteiger partial charge in [-0.15, -0.1) is 0 Å². The van der Waals surface area contributed by atoms with E-state index < -0.39 is 17.2 Å². The van der Waals surface area contributed by atoms with E-state index in [1.807, 2.05) is 13.8 Å². The van der Waals surface area contributed by atoms with E-state index in [2.05, 4.69) is 30.8 Å². The highest BCUT2D eigenvalue weighted by molar-refractivity contribution is 6.06. The number of hydrogen-bond donors (Lipinski definition) is 2. The molecule has 0 aliphatic heterocycles. The number of rotatable bonds is 11. The van der Waals surface area contributed by atoms with Crippen molar-refractivity contribution in [3.8, 4) is 22.5 Å². The van der Waals surface area contributed by atoms with Gasteiger partial charge < -0.3 is 10.6 Å². The lowest BCUT2D eigenvalue weighted by Crippen LogP contribution is -2.30. The molecule has 4 heterocycles. The van der Waals surface area contributed by atoms with Crippen molar-refractivity contribution >= 4 is 34.3 Å². The molecule has 1 saturated carbocycles. The van der Waals surface area contributed by atoms with Crippen molar-refractivity contribution < 1.29 is 18.4 Å². The Morgan fingerprint density at radius 3 is 1.64 bits per heavy atom. The minimum absolute atomic E-state index is 0.0958. The number of aromatic nitrogens is 6. The number of anilines is 4. The number of benzene rings is 2. The molecule has 6 aromatic rings. The van der Waals surface area contributed by atoms with Crippen LogP contribution in [0.4, 0.5) is 31.5 Å². The van der Waals surface area contributed by atoms with Gasteiger partial charge >= 0.3 is 0 Å². The van der Waals surface area contributed by atoms with Crippen LogP contribution in [0.1, 0.15) is 67.3 Å². The predicted octanol–water partition coefficient (Wildman–Crippen LogP) is 7.77. The molecular formula is C41H38F2N8O4. The average molecular weight is 745 g/mol. The molecule has 1 fully saturated rings. The summed E-state index contributed by atoms with van der Waals surface area (Å²) < 4.78 is 30.3. The lowest BCUT2D eigenvalue weighted by atomic mass is 10.0. The number of Topliss-reactive ketones (excluding diaryl/α,β-unsaturated/α-hetero) is 2. The van der Waals surface area contributed by atoms with Crippen LogP contribution in [0, 0.1) is 17.6 Å². The molecule has 0 bridgehead atoms. The lowest BCUT2D eigenvalue weighted by Gasteiger charge is -2.18. The fourth-order valence-corrected chi connectivity index (χ4v) is 5.89. The Hall–Kier alpha value is -6.70. The summed E-state index contributed by atoms with van der Waals surface area (Å²) >= 11 is 0. The Bertz CT molecular complexity index is 2480. The number of nitrogens with zero attached hydrogens (tertiary/aromatic N) is 6. The standard InChI is InChI=1S/C21H19FN4O2.C20H19FN4O2/c1-13(27)18-19(15-4-2-5-16(22)10-15)25-26(12-14-7-8-14)21(28)20(18)24-17-6-3-9-23-11-17;1-12(2)25-20(27)19(23-16-8-5-9-22-11-16)17(13(3)26)18(24-25)14-6-4-7-15(21)10-14/h2-6,9-11,14,24H,7-8,12H2,1H3;4-12,23H,1-3H3. The molecule has 280 valence electrons. The van der Waals surface area contributed by atoms with Crippen molar-refractivity contribution in [3.63, 3.8) is 0 Å². The number of carbonyl (C=O) groups is 2. The summed E-state index contributed by atoms with van der Waals surface area (Å²) in [5.41, 5.74) is 2.24. The summed E-state index contributed by atoms with van der Waals surface area (Å²) in [6.07, 6.45) is 8.43. The fourth-order valence-electron chi connectivity index (χ4n) is 5.89. The zero-order valence-corrected chi connectivity index (χ0v) is 30.6. The smallest absolute Gasteiger partial charge is 0.291 e. The molecule has 7 rings (SSSR count). The Morgan fingerprint density at radius 2 is 1.22 bits per heavy atom. The van der Waals surface area contributed by atoms with Crippen LogP contribution in [-0.2, 0) is 6.54 Å². The summed E-state index contributed by atoms with van der Waals surface area (Å²) in [5, 5.41) is 14.8. The number of nitrogens with one attached hydrogen (secondary N) is 2. The Morgan fingerprint density at radius 1 is 0.727 bits per heavy atom. The second kappa shape index (κ2) is 16.5. The molecule has 0 spiro atoms. The van der Waals surface area contributed by atoms with E-state index in [-0.39, 0.29) is 51.4 Å². The van der Waals surface area contributed by atoms with E-state index in [1.165, 1.54) is 53.5 Å². The van der Waals surface area contributed by atoms with Crippen LogP contribution in [0.3, 0.4) is 0 Å². The molecule has 1 aliphatic carbocycles. The van der Waals surface area contributed by atoms with Gasteiger partial charge in [-0.2, -0.15) is 10.2 Å². The molecule has 0 radical (unpaired) electrons. The zero-order chi connectivity index (χ0) is 39.2. The van der Waals surface area contributed by atoms with E-state index in [1.54, 1.807) is 67.3 Å². The van der Waals surface area contributed by atoms with E-state index in [0.29, 0.717) is 40.7 Å². The first-order valence-electron chi connectivity index (χ1n) is 17.6. The quantitative estimate of drug-likeness (QED) is 0.126. The highest BCUT2D eigenvalue weighted by atomic mass is 19.1. The van der Waals surface area contributed by atoms with E-state index in [0.717, 1.165) is 12.8 Å². The maximum absolute atomic E-state index is 13.8. The summed E-state index contributed by atoms with van der Waals surface area (Å²) in [7, 11) is 0. The van der Waals surface area contributed by atoms with Crippen molar-refractivity contribution in [2.24, 2.45) is 5.92 Å². The first kappa shape index (κ1) is 38.0. The van der Waals surface area contributed by atoms with Gasteiger partial charge in [0.2, 0.25) is 0 Å². The summed E-state index contributed by atoms with van der Waals surface area (Å²) in [5.74, 6) is -1.15. The SMILES string of the molecule is CC(=O)c1c(-c2cccc(F)c2)nn(C(C)C)c(=O)c1Nc1cccnc1.CC(=O)c1c(-c2cccc(F)c2)nn(CC2CC2)c(=O)c1Nc1cccnc1. The fraction of sp³-hybridized carbons (Fsp3) is 0.220. The van der Waals surface area contributed by atoms with Crippen LogP contribution in [0.5, 0.6) is 0 Å². The monoisotopic (exact) mass is 744 g/mol. The van der Waals surface area contributed by atoms with Crippen molar-refractivity contribution in [2.45, 2.75) is 53.1 Å². The molecule has 0 saturated heterocycles. The third-order valence-corrected chi connectivity index (χ3v) is 8.65. The summed E-state index contributed by atoms with van der Waals surface area (Å²) in [4.78, 5) is 59.1. The molecule has 55 heavy (non-hydrogen) atoms. The van der Waals surface area contributed by atoms with Crippen LogP contribution < -0.4 is 21.8 Å². The maximum atomic E-state index is 13.8. The molecule has 0 amide bonds. The normalized spacial score (nSPS) is 12.1. The van der Waals surface area contributed by atoms with Gasteiger partial charge in [-0.3, -0.25) is 29.1 Å². The predicted molar refractivity (Wildman–Crippen MR) is 206 cm³/mol. The van der Waals surface area contributed by atoms with Crippen molar-refractivity contribution in [1.82, 2.24) is 29.5 Å². The van der Waals surface area contributed by atoms with Crippen LogP contribution in [0.15, 0.2) is 107 Å². The molecule has 0 atom stereocenters. The Kier molecular flexibility index (Phi) is 11.4. The average Bonchev–Trinajstić information content (AvgIpc) is 3.99. The topological polar surface area (TPSA) is 154 Å². The van der Waals surface area contributed by atoms with Crippen LogP contribution in [0.2, 0.25) is 0 Å². The first-order chi connectivity index (χ1) is 26.4. The molecular weight excluding hydrogens is 706 g/mol. The van der Waals surface area contributed by atoms with Gasteiger partial charge in [0, 0.05) is 30.1 Å². The van der Waals surface area contributed by atoms with Crippen LogP contribution >= 0.6 is 0 Å². The van der Waals surface area contributed by atoms with Gasteiger partial charge in [0.1, 0.15) is 34.4 Å². The largest absolute Gasteiger partial charge is 0.349 e.